The minimum Gasteiger partial charge on any atom is -0.494 e. The summed E-state index contributed by atoms with van der Waals surface area (Å²) in [7, 11) is -1.89. The number of carboxylic acid groups (broad SMARTS) is 1. The van der Waals surface area contributed by atoms with Crippen LogP contribution in [0.15, 0.2) is 17.0 Å². The van der Waals surface area contributed by atoms with E-state index in [0.717, 1.165) is 17.5 Å². The van der Waals surface area contributed by atoms with Gasteiger partial charge in [-0.05, 0) is 25.0 Å². The second-order valence-electron chi connectivity index (χ2n) is 5.09. The molecule has 1 aliphatic heterocycles. The summed E-state index contributed by atoms with van der Waals surface area (Å²) in [6, 6.07) is 1.18. The summed E-state index contributed by atoms with van der Waals surface area (Å²) in [5, 5.41) is 9.21. The van der Waals surface area contributed by atoms with E-state index in [-0.39, 0.29) is 34.2 Å². The van der Waals surface area contributed by atoms with E-state index in [4.69, 9.17) is 16.3 Å². The van der Waals surface area contributed by atoms with Crippen molar-refractivity contribution < 1.29 is 32.6 Å². The SMILES string of the molecule is COC(=O)c1cc(Cl)cc(S(=O)(=O)N2CCCC2C(=O)O)c1OC. The van der Waals surface area contributed by atoms with E-state index in [9.17, 15) is 23.1 Å². The molecule has 132 valence electrons. The van der Waals surface area contributed by atoms with Crippen LogP contribution in [0.2, 0.25) is 5.02 Å². The third kappa shape index (κ3) is 3.19. The third-order valence-electron chi connectivity index (χ3n) is 3.70. The van der Waals surface area contributed by atoms with Crippen LogP contribution in [0.5, 0.6) is 5.75 Å². The molecule has 2 rings (SSSR count). The van der Waals surface area contributed by atoms with E-state index in [2.05, 4.69) is 4.74 Å². The molecule has 1 fully saturated rings. The number of hydrogen-bond acceptors (Lipinski definition) is 6. The number of nitrogens with zero attached hydrogens (tertiary/aromatic N) is 1. The second-order valence-corrected chi connectivity index (χ2v) is 7.38. The van der Waals surface area contributed by atoms with Crippen LogP contribution in [-0.2, 0) is 19.6 Å². The van der Waals surface area contributed by atoms with Gasteiger partial charge in [0.05, 0.1) is 14.2 Å². The number of halogens is 1. The van der Waals surface area contributed by atoms with Crippen LogP contribution in [0.4, 0.5) is 0 Å². The molecule has 8 nitrogen and oxygen atoms in total. The number of esters is 1. The van der Waals surface area contributed by atoms with Gasteiger partial charge < -0.3 is 14.6 Å². The summed E-state index contributed by atoms with van der Waals surface area (Å²) < 4.78 is 36.4. The molecule has 1 aromatic carbocycles. The summed E-state index contributed by atoms with van der Waals surface area (Å²) in [6.45, 7) is 0.0581. The lowest BCUT2D eigenvalue weighted by molar-refractivity contribution is -0.140. The van der Waals surface area contributed by atoms with Crippen molar-refractivity contribution in [2.45, 2.75) is 23.8 Å². The maximum absolute atomic E-state index is 12.9. The quantitative estimate of drug-likeness (QED) is 0.771. The molecule has 1 atom stereocenters. The van der Waals surface area contributed by atoms with Gasteiger partial charge in [-0.3, -0.25) is 4.79 Å². The van der Waals surface area contributed by atoms with Gasteiger partial charge in [0, 0.05) is 11.6 Å². The summed E-state index contributed by atoms with van der Waals surface area (Å²) in [5.74, 6) is -2.28. The number of hydrogen-bond donors (Lipinski definition) is 1. The molecule has 24 heavy (non-hydrogen) atoms. The van der Waals surface area contributed by atoms with Gasteiger partial charge in [0.2, 0.25) is 10.0 Å². The number of aliphatic carboxylic acids is 1. The van der Waals surface area contributed by atoms with Gasteiger partial charge in [0.15, 0.2) is 5.75 Å². The monoisotopic (exact) mass is 377 g/mol. The Morgan fingerprint density at radius 2 is 2.00 bits per heavy atom. The van der Waals surface area contributed by atoms with E-state index >= 15 is 0 Å². The fraction of sp³-hybridized carbons (Fsp3) is 0.429. The van der Waals surface area contributed by atoms with Crippen LogP contribution in [0.25, 0.3) is 0 Å². The summed E-state index contributed by atoms with van der Waals surface area (Å²) in [6.07, 6.45) is 0.629. The highest BCUT2D eigenvalue weighted by atomic mass is 35.5. The average molecular weight is 378 g/mol. The van der Waals surface area contributed by atoms with Crippen molar-refractivity contribution >= 4 is 33.6 Å². The third-order valence-corrected chi connectivity index (χ3v) is 5.84. The van der Waals surface area contributed by atoms with E-state index in [1.807, 2.05) is 0 Å². The Kier molecular flexibility index (Phi) is 5.36. The Morgan fingerprint density at radius 1 is 1.33 bits per heavy atom. The molecular formula is C14H16ClNO7S. The fourth-order valence-corrected chi connectivity index (χ4v) is 4.77. The molecule has 0 bridgehead atoms. The number of benzene rings is 1. The molecule has 1 aromatic rings. The zero-order valence-corrected chi connectivity index (χ0v) is 14.6. The number of sulfonamides is 1. The molecule has 0 radical (unpaired) electrons. The first-order valence-corrected chi connectivity index (χ1v) is 8.76. The Morgan fingerprint density at radius 3 is 2.54 bits per heavy atom. The fourth-order valence-electron chi connectivity index (χ4n) is 2.63. The van der Waals surface area contributed by atoms with Gasteiger partial charge in [-0.25, -0.2) is 13.2 Å². The van der Waals surface area contributed by atoms with Crippen molar-refractivity contribution in [1.29, 1.82) is 0 Å². The molecule has 1 heterocycles. The predicted molar refractivity (Wildman–Crippen MR) is 83.9 cm³/mol. The predicted octanol–water partition coefficient (Wildman–Crippen LogP) is 1.37. The van der Waals surface area contributed by atoms with Gasteiger partial charge >= 0.3 is 11.9 Å². The molecule has 1 N–H and O–H groups in total. The van der Waals surface area contributed by atoms with E-state index in [0.29, 0.717) is 6.42 Å². The molecule has 10 heteroatoms. The second kappa shape index (κ2) is 6.96. The molecule has 0 aliphatic carbocycles. The summed E-state index contributed by atoms with van der Waals surface area (Å²) >= 11 is 5.93. The van der Waals surface area contributed by atoms with Crippen molar-refractivity contribution in [3.05, 3.63) is 22.7 Å². The van der Waals surface area contributed by atoms with Gasteiger partial charge in [-0.15, -0.1) is 0 Å². The molecule has 0 amide bonds. The molecular weight excluding hydrogens is 362 g/mol. The highest BCUT2D eigenvalue weighted by Crippen LogP contribution is 2.36. The number of carboxylic acids is 1. The highest BCUT2D eigenvalue weighted by Gasteiger charge is 2.41. The van der Waals surface area contributed by atoms with E-state index in [1.165, 1.54) is 13.2 Å². The minimum absolute atomic E-state index is 0.0131. The molecule has 1 saturated heterocycles. The maximum atomic E-state index is 12.9. The topological polar surface area (TPSA) is 110 Å². The normalized spacial score (nSPS) is 18.4. The average Bonchev–Trinajstić information content (AvgIpc) is 3.04. The standard InChI is InChI=1S/C14H16ClNO7S/c1-22-12-9(14(19)23-2)6-8(15)7-11(12)24(20,21)16-5-3-4-10(16)13(17)18/h6-7,10H,3-5H2,1-2H3,(H,17,18). The van der Waals surface area contributed by atoms with Gasteiger partial charge in [-0.1, -0.05) is 11.6 Å². The Bertz CT molecular complexity index is 778. The van der Waals surface area contributed by atoms with Crippen LogP contribution in [-0.4, -0.2) is 56.6 Å². The van der Waals surface area contributed by atoms with Crippen LogP contribution in [0.3, 0.4) is 0 Å². The van der Waals surface area contributed by atoms with Gasteiger partial charge in [-0.2, -0.15) is 4.31 Å². The van der Waals surface area contributed by atoms with Crippen molar-refractivity contribution in [1.82, 2.24) is 4.31 Å². The van der Waals surface area contributed by atoms with E-state index in [1.54, 1.807) is 0 Å². The summed E-state index contributed by atoms with van der Waals surface area (Å²) in [4.78, 5) is 22.8. The lowest BCUT2D eigenvalue weighted by Crippen LogP contribution is -2.40. The lowest BCUT2D eigenvalue weighted by Gasteiger charge is -2.23. The number of rotatable bonds is 5. The molecule has 0 spiro atoms. The zero-order valence-electron chi connectivity index (χ0n) is 13.0. The first-order chi connectivity index (χ1) is 11.2. The molecule has 0 aromatic heterocycles. The number of carbonyl (C=O) groups excluding carboxylic acids is 1. The highest BCUT2D eigenvalue weighted by molar-refractivity contribution is 7.89. The molecule has 1 unspecified atom stereocenters. The lowest BCUT2D eigenvalue weighted by atomic mass is 10.2. The largest absolute Gasteiger partial charge is 0.494 e. The van der Waals surface area contributed by atoms with Crippen LogP contribution >= 0.6 is 11.6 Å². The van der Waals surface area contributed by atoms with Crippen LogP contribution < -0.4 is 4.74 Å². The van der Waals surface area contributed by atoms with Gasteiger partial charge in [0.1, 0.15) is 16.5 Å². The van der Waals surface area contributed by atoms with Crippen LogP contribution in [0.1, 0.15) is 23.2 Å². The van der Waals surface area contributed by atoms with Crippen molar-refractivity contribution in [3.8, 4) is 5.75 Å². The summed E-state index contributed by atoms with van der Waals surface area (Å²) in [5.41, 5.74) is -0.155. The van der Waals surface area contributed by atoms with Gasteiger partial charge in [0.25, 0.3) is 0 Å². The van der Waals surface area contributed by atoms with Crippen LogP contribution in [0, 0.1) is 0 Å². The zero-order chi connectivity index (χ0) is 18.1. The smallest absolute Gasteiger partial charge is 0.341 e. The molecule has 1 aliphatic rings. The van der Waals surface area contributed by atoms with E-state index < -0.39 is 28.0 Å². The van der Waals surface area contributed by atoms with Crippen molar-refractivity contribution in [2.75, 3.05) is 20.8 Å². The Balaban J connectivity index is 2.64. The Labute approximate surface area is 144 Å². The first-order valence-electron chi connectivity index (χ1n) is 6.94. The first kappa shape index (κ1) is 18.5. The molecule has 0 saturated carbocycles. The number of methoxy groups -OCH3 is 2. The van der Waals surface area contributed by atoms with Crippen molar-refractivity contribution in [2.24, 2.45) is 0 Å². The number of carbonyl (C=O) groups is 2. The van der Waals surface area contributed by atoms with Crippen molar-refractivity contribution in [3.63, 3.8) is 0 Å². The Hall–Kier alpha value is -1.84. The number of ether oxygens (including phenoxy) is 2. The maximum Gasteiger partial charge on any atom is 0.341 e. The minimum atomic E-state index is -4.23.